The summed E-state index contributed by atoms with van der Waals surface area (Å²) in [6, 6.07) is 10.1. The number of hydrogen-bond donors (Lipinski definition) is 0. The summed E-state index contributed by atoms with van der Waals surface area (Å²) in [5, 5.41) is 4.23. The molecule has 3 heteroatoms. The molecule has 2 rings (SSSR count). The summed E-state index contributed by atoms with van der Waals surface area (Å²) in [7, 11) is 0. The Labute approximate surface area is 112 Å². The summed E-state index contributed by atoms with van der Waals surface area (Å²) in [6.45, 7) is 2.24. The third kappa shape index (κ3) is 4.39. The highest BCUT2D eigenvalue weighted by atomic mass is 16.1. The number of allylic oxidation sites excluding steroid dienone is 2. The minimum absolute atomic E-state index is 0.0386. The van der Waals surface area contributed by atoms with Crippen molar-refractivity contribution in [1.82, 2.24) is 9.78 Å². The third-order valence-corrected chi connectivity index (χ3v) is 2.57. The Kier molecular flexibility index (Phi) is 4.45. The summed E-state index contributed by atoms with van der Waals surface area (Å²) < 4.78 is 1.83. The molecule has 19 heavy (non-hydrogen) atoms. The van der Waals surface area contributed by atoms with E-state index >= 15 is 0 Å². The van der Waals surface area contributed by atoms with Gasteiger partial charge in [-0.25, -0.2) is 0 Å². The molecule has 0 bridgehead atoms. The molecule has 0 saturated heterocycles. The monoisotopic (exact) mass is 252 g/mol. The van der Waals surface area contributed by atoms with Gasteiger partial charge in [-0.05, 0) is 24.6 Å². The van der Waals surface area contributed by atoms with E-state index < -0.39 is 0 Å². The second-order valence-electron chi connectivity index (χ2n) is 4.25. The van der Waals surface area contributed by atoms with E-state index in [0.29, 0.717) is 6.54 Å². The predicted molar refractivity (Wildman–Crippen MR) is 77.4 cm³/mol. The van der Waals surface area contributed by atoms with Crippen molar-refractivity contribution in [3.63, 3.8) is 0 Å². The van der Waals surface area contributed by atoms with Crippen LogP contribution in [0, 0.1) is 0 Å². The van der Waals surface area contributed by atoms with Crippen molar-refractivity contribution in [1.29, 1.82) is 0 Å². The Morgan fingerprint density at radius 3 is 2.74 bits per heavy atom. The SMILES string of the molecule is CC(=O)/C=C/c1cnn(C/C=C/c2ccccc2)c1. The molecule has 3 nitrogen and oxygen atoms in total. The van der Waals surface area contributed by atoms with Gasteiger partial charge in [-0.1, -0.05) is 42.5 Å². The van der Waals surface area contributed by atoms with E-state index in [1.54, 1.807) is 18.3 Å². The number of benzene rings is 1. The maximum Gasteiger partial charge on any atom is 0.152 e. The van der Waals surface area contributed by atoms with E-state index in [9.17, 15) is 4.79 Å². The predicted octanol–water partition coefficient (Wildman–Crippen LogP) is 3.20. The number of carbonyl (C=O) groups excluding carboxylic acids is 1. The van der Waals surface area contributed by atoms with Crippen LogP contribution in [-0.4, -0.2) is 15.6 Å². The number of ketones is 1. The maximum atomic E-state index is 10.8. The first-order valence-electron chi connectivity index (χ1n) is 6.17. The Bertz CT molecular complexity index is 594. The van der Waals surface area contributed by atoms with Crippen LogP contribution in [0.2, 0.25) is 0 Å². The van der Waals surface area contributed by atoms with Gasteiger partial charge in [0.25, 0.3) is 0 Å². The average molecular weight is 252 g/mol. The van der Waals surface area contributed by atoms with E-state index in [2.05, 4.69) is 29.4 Å². The van der Waals surface area contributed by atoms with Gasteiger partial charge in [0.2, 0.25) is 0 Å². The number of nitrogens with zero attached hydrogens (tertiary/aromatic N) is 2. The van der Waals surface area contributed by atoms with Crippen molar-refractivity contribution in [3.05, 3.63) is 66.0 Å². The summed E-state index contributed by atoms with van der Waals surface area (Å²) in [4.78, 5) is 10.8. The van der Waals surface area contributed by atoms with Gasteiger partial charge in [-0.15, -0.1) is 0 Å². The van der Waals surface area contributed by atoms with Crippen LogP contribution in [0.4, 0.5) is 0 Å². The molecule has 0 unspecified atom stereocenters. The van der Waals surface area contributed by atoms with E-state index in [-0.39, 0.29) is 5.78 Å². The Balaban J connectivity index is 1.94. The molecule has 0 fully saturated rings. The van der Waals surface area contributed by atoms with Gasteiger partial charge in [0.1, 0.15) is 0 Å². The standard InChI is InChI=1S/C16H16N2O/c1-14(19)9-10-16-12-17-18(13-16)11-5-8-15-6-3-2-4-7-15/h2-10,12-13H,11H2,1H3/b8-5+,10-9+. The molecular weight excluding hydrogens is 236 g/mol. The largest absolute Gasteiger partial charge is 0.295 e. The third-order valence-electron chi connectivity index (χ3n) is 2.57. The van der Waals surface area contributed by atoms with Crippen molar-refractivity contribution in [3.8, 4) is 0 Å². The number of rotatable bonds is 5. The molecule has 0 spiro atoms. The fourth-order valence-corrected chi connectivity index (χ4v) is 1.64. The normalized spacial score (nSPS) is 11.4. The summed E-state index contributed by atoms with van der Waals surface area (Å²) in [5.74, 6) is 0.0386. The molecule has 1 heterocycles. The molecule has 0 saturated carbocycles. The highest BCUT2D eigenvalue weighted by molar-refractivity contribution is 5.91. The lowest BCUT2D eigenvalue weighted by Gasteiger charge is -1.94. The first kappa shape index (κ1) is 13.0. The summed E-state index contributed by atoms with van der Waals surface area (Å²) >= 11 is 0. The molecule has 96 valence electrons. The van der Waals surface area contributed by atoms with Crippen molar-refractivity contribution in [2.75, 3.05) is 0 Å². The smallest absolute Gasteiger partial charge is 0.152 e. The van der Waals surface area contributed by atoms with Crippen molar-refractivity contribution < 1.29 is 4.79 Å². The van der Waals surface area contributed by atoms with Gasteiger partial charge < -0.3 is 0 Å². The van der Waals surface area contributed by atoms with E-state index in [1.807, 2.05) is 29.1 Å². The number of hydrogen-bond acceptors (Lipinski definition) is 2. The molecule has 1 aromatic carbocycles. The lowest BCUT2D eigenvalue weighted by atomic mass is 10.2. The lowest BCUT2D eigenvalue weighted by Crippen LogP contribution is -1.94. The molecule has 2 aromatic rings. The van der Waals surface area contributed by atoms with Crippen LogP contribution in [-0.2, 0) is 11.3 Å². The number of aromatic nitrogens is 2. The second kappa shape index (κ2) is 6.50. The van der Waals surface area contributed by atoms with Gasteiger partial charge >= 0.3 is 0 Å². The topological polar surface area (TPSA) is 34.9 Å². The molecule has 1 aromatic heterocycles. The van der Waals surface area contributed by atoms with Crippen LogP contribution >= 0.6 is 0 Å². The van der Waals surface area contributed by atoms with Gasteiger partial charge in [-0.2, -0.15) is 5.10 Å². The van der Waals surface area contributed by atoms with Crippen LogP contribution in [0.3, 0.4) is 0 Å². The Hall–Kier alpha value is -2.42. The highest BCUT2D eigenvalue weighted by Gasteiger charge is 1.93. The molecule has 0 amide bonds. The zero-order valence-electron chi connectivity index (χ0n) is 10.9. The summed E-state index contributed by atoms with van der Waals surface area (Å²) in [5.41, 5.74) is 2.11. The van der Waals surface area contributed by atoms with E-state index in [0.717, 1.165) is 5.56 Å². The molecular formula is C16H16N2O. The molecule has 0 aliphatic heterocycles. The second-order valence-corrected chi connectivity index (χ2v) is 4.25. The van der Waals surface area contributed by atoms with Gasteiger partial charge in [0, 0.05) is 11.8 Å². The van der Waals surface area contributed by atoms with Crippen LogP contribution < -0.4 is 0 Å². The highest BCUT2D eigenvalue weighted by Crippen LogP contribution is 2.03. The van der Waals surface area contributed by atoms with Crippen LogP contribution in [0.1, 0.15) is 18.1 Å². The van der Waals surface area contributed by atoms with Crippen LogP contribution in [0.15, 0.2) is 54.9 Å². The minimum atomic E-state index is 0.0386. The van der Waals surface area contributed by atoms with Crippen molar-refractivity contribution in [2.24, 2.45) is 0 Å². The molecule has 0 N–H and O–H groups in total. The first-order valence-corrected chi connectivity index (χ1v) is 6.17. The fraction of sp³-hybridized carbons (Fsp3) is 0.125. The summed E-state index contributed by atoms with van der Waals surface area (Å²) in [6.07, 6.45) is 11.1. The Morgan fingerprint density at radius 1 is 1.21 bits per heavy atom. The molecule has 0 radical (unpaired) electrons. The van der Waals surface area contributed by atoms with Gasteiger partial charge in [0.15, 0.2) is 5.78 Å². The van der Waals surface area contributed by atoms with Gasteiger partial charge in [0.05, 0.1) is 12.7 Å². The lowest BCUT2D eigenvalue weighted by molar-refractivity contribution is -0.112. The average Bonchev–Trinajstić information content (AvgIpc) is 2.86. The van der Waals surface area contributed by atoms with Crippen LogP contribution in [0.25, 0.3) is 12.2 Å². The molecule has 0 atom stereocenters. The van der Waals surface area contributed by atoms with Crippen molar-refractivity contribution >= 4 is 17.9 Å². The van der Waals surface area contributed by atoms with E-state index in [1.165, 1.54) is 12.5 Å². The molecule has 0 aliphatic carbocycles. The maximum absolute atomic E-state index is 10.8. The van der Waals surface area contributed by atoms with E-state index in [4.69, 9.17) is 0 Å². The quantitative estimate of drug-likeness (QED) is 0.766. The van der Waals surface area contributed by atoms with Gasteiger partial charge in [-0.3, -0.25) is 9.48 Å². The fourth-order valence-electron chi connectivity index (χ4n) is 1.64. The molecule has 0 aliphatic rings. The van der Waals surface area contributed by atoms with Crippen molar-refractivity contribution in [2.45, 2.75) is 13.5 Å². The van der Waals surface area contributed by atoms with Crippen LogP contribution in [0.5, 0.6) is 0 Å². The number of carbonyl (C=O) groups is 1. The minimum Gasteiger partial charge on any atom is -0.295 e. The first-order chi connectivity index (χ1) is 9.24. The zero-order valence-corrected chi connectivity index (χ0v) is 10.9. The Morgan fingerprint density at radius 2 is 2.00 bits per heavy atom. The zero-order chi connectivity index (χ0) is 13.5.